The van der Waals surface area contributed by atoms with Gasteiger partial charge >= 0.3 is 0 Å². The lowest BCUT2D eigenvalue weighted by atomic mass is 10.0. The Kier molecular flexibility index (Phi) is 6.17. The van der Waals surface area contributed by atoms with E-state index in [1.54, 1.807) is 0 Å². The molecule has 0 aromatic heterocycles. The molecule has 3 N–H and O–H groups in total. The minimum atomic E-state index is -0.451. The van der Waals surface area contributed by atoms with Crippen molar-refractivity contribution in [2.75, 3.05) is 20.6 Å². The fourth-order valence-electron chi connectivity index (χ4n) is 1.69. The van der Waals surface area contributed by atoms with Gasteiger partial charge in [0, 0.05) is 12.1 Å². The van der Waals surface area contributed by atoms with Crippen LogP contribution in [0.1, 0.15) is 25.8 Å². The molecular formula is C16H27N3O. The molecule has 0 radical (unpaired) electrons. The third-order valence-electron chi connectivity index (χ3n) is 3.83. The van der Waals surface area contributed by atoms with Gasteiger partial charge in [0.25, 0.3) is 0 Å². The number of carbonyl (C=O) groups is 1. The van der Waals surface area contributed by atoms with Crippen molar-refractivity contribution in [3.8, 4) is 0 Å². The predicted molar refractivity (Wildman–Crippen MR) is 83.5 cm³/mol. The zero-order valence-corrected chi connectivity index (χ0v) is 13.0. The Hall–Kier alpha value is -1.39. The molecule has 0 spiro atoms. The summed E-state index contributed by atoms with van der Waals surface area (Å²) in [6.45, 7) is 4.77. The number of nitrogens with one attached hydrogen (secondary N) is 1. The topological polar surface area (TPSA) is 58.4 Å². The Balaban J connectivity index is 2.36. The van der Waals surface area contributed by atoms with Gasteiger partial charge in [0.2, 0.25) is 5.91 Å². The maximum atomic E-state index is 12.0. The summed E-state index contributed by atoms with van der Waals surface area (Å²) in [5, 5.41) is 2.93. The number of carbonyl (C=O) groups excluding carboxylic acids is 1. The van der Waals surface area contributed by atoms with Crippen LogP contribution in [0.15, 0.2) is 30.3 Å². The molecule has 1 amide bonds. The van der Waals surface area contributed by atoms with E-state index in [-0.39, 0.29) is 11.4 Å². The first-order chi connectivity index (χ1) is 9.33. The lowest BCUT2D eigenvalue weighted by molar-refractivity contribution is -0.123. The Morgan fingerprint density at radius 1 is 1.30 bits per heavy atom. The first-order valence-electron chi connectivity index (χ1n) is 7.07. The monoisotopic (exact) mass is 277 g/mol. The molecule has 1 aromatic carbocycles. The van der Waals surface area contributed by atoms with E-state index in [4.69, 9.17) is 5.73 Å². The minimum Gasteiger partial charge on any atom is -0.353 e. The summed E-state index contributed by atoms with van der Waals surface area (Å²) in [5.74, 6) is -0.0733. The van der Waals surface area contributed by atoms with Gasteiger partial charge in [-0.05, 0) is 46.3 Å². The van der Waals surface area contributed by atoms with Crippen LogP contribution >= 0.6 is 0 Å². The van der Waals surface area contributed by atoms with Gasteiger partial charge in [-0.2, -0.15) is 0 Å². The van der Waals surface area contributed by atoms with E-state index in [0.717, 1.165) is 6.42 Å². The third kappa shape index (κ3) is 5.31. The van der Waals surface area contributed by atoms with Gasteiger partial charge in [0.15, 0.2) is 0 Å². The first kappa shape index (κ1) is 16.7. The van der Waals surface area contributed by atoms with Gasteiger partial charge in [0.1, 0.15) is 0 Å². The number of likely N-dealkylation sites (N-methyl/N-ethyl adjacent to an activating group) is 1. The Morgan fingerprint density at radius 3 is 2.45 bits per heavy atom. The fourth-order valence-corrected chi connectivity index (χ4v) is 1.69. The zero-order chi connectivity index (χ0) is 15.2. The van der Waals surface area contributed by atoms with E-state index in [2.05, 4.69) is 36.2 Å². The number of rotatable bonds is 7. The van der Waals surface area contributed by atoms with Crippen molar-refractivity contribution < 1.29 is 4.79 Å². The second-order valence-corrected chi connectivity index (χ2v) is 6.06. The van der Waals surface area contributed by atoms with Crippen LogP contribution in [0.5, 0.6) is 0 Å². The van der Waals surface area contributed by atoms with E-state index in [9.17, 15) is 4.79 Å². The van der Waals surface area contributed by atoms with Crippen LogP contribution in [0.2, 0.25) is 0 Å². The van der Waals surface area contributed by atoms with Gasteiger partial charge in [-0.3, -0.25) is 4.79 Å². The van der Waals surface area contributed by atoms with Gasteiger partial charge in [0.05, 0.1) is 6.04 Å². The summed E-state index contributed by atoms with van der Waals surface area (Å²) in [7, 11) is 4.00. The van der Waals surface area contributed by atoms with Crippen molar-refractivity contribution in [2.45, 2.75) is 38.3 Å². The van der Waals surface area contributed by atoms with Gasteiger partial charge < -0.3 is 16.0 Å². The standard InChI is InChI=1S/C16H27N3O/c1-16(2,19(3)4)12-18-15(20)14(17)11-10-13-8-6-5-7-9-13/h5-9,14H,10-12,17H2,1-4H3,(H,18,20). The Morgan fingerprint density at radius 2 is 1.90 bits per heavy atom. The summed E-state index contributed by atoms with van der Waals surface area (Å²) < 4.78 is 0. The number of nitrogens with zero attached hydrogens (tertiary/aromatic N) is 1. The van der Waals surface area contributed by atoms with Crippen LogP contribution in [-0.2, 0) is 11.2 Å². The molecule has 0 heterocycles. The van der Waals surface area contributed by atoms with Crippen molar-refractivity contribution >= 4 is 5.91 Å². The number of amides is 1. The highest BCUT2D eigenvalue weighted by atomic mass is 16.2. The molecule has 0 aliphatic rings. The molecule has 20 heavy (non-hydrogen) atoms. The van der Waals surface area contributed by atoms with E-state index >= 15 is 0 Å². The van der Waals surface area contributed by atoms with Gasteiger partial charge in [-0.1, -0.05) is 30.3 Å². The molecule has 1 aromatic rings. The minimum absolute atomic E-state index is 0.0733. The summed E-state index contributed by atoms with van der Waals surface area (Å²) in [4.78, 5) is 14.1. The highest BCUT2D eigenvalue weighted by Gasteiger charge is 2.22. The number of benzene rings is 1. The van der Waals surface area contributed by atoms with Crippen molar-refractivity contribution in [3.05, 3.63) is 35.9 Å². The van der Waals surface area contributed by atoms with Gasteiger partial charge in [-0.25, -0.2) is 0 Å². The average Bonchev–Trinajstić information content (AvgIpc) is 2.43. The Bertz CT molecular complexity index is 415. The highest BCUT2D eigenvalue weighted by molar-refractivity contribution is 5.81. The number of hydrogen-bond acceptors (Lipinski definition) is 3. The maximum absolute atomic E-state index is 12.0. The highest BCUT2D eigenvalue weighted by Crippen LogP contribution is 2.08. The SMILES string of the molecule is CN(C)C(C)(C)CNC(=O)C(N)CCc1ccccc1. The first-order valence-corrected chi connectivity index (χ1v) is 7.07. The van der Waals surface area contributed by atoms with E-state index in [1.165, 1.54) is 5.56 Å². The van der Waals surface area contributed by atoms with Crippen LogP contribution in [0.25, 0.3) is 0 Å². The van der Waals surface area contributed by atoms with Crippen molar-refractivity contribution in [3.63, 3.8) is 0 Å². The summed E-state index contributed by atoms with van der Waals surface area (Å²) in [6.07, 6.45) is 1.49. The van der Waals surface area contributed by atoms with E-state index < -0.39 is 6.04 Å². The van der Waals surface area contributed by atoms with Crippen molar-refractivity contribution in [1.82, 2.24) is 10.2 Å². The lowest BCUT2D eigenvalue weighted by Crippen LogP contribution is -2.51. The van der Waals surface area contributed by atoms with Gasteiger partial charge in [-0.15, -0.1) is 0 Å². The molecule has 112 valence electrons. The van der Waals surface area contributed by atoms with Crippen LogP contribution in [0.4, 0.5) is 0 Å². The molecule has 0 aliphatic carbocycles. The summed E-state index contributed by atoms with van der Waals surface area (Å²) in [5.41, 5.74) is 7.08. The van der Waals surface area contributed by atoms with E-state index in [0.29, 0.717) is 13.0 Å². The molecule has 0 bridgehead atoms. The molecule has 4 heteroatoms. The number of nitrogens with two attached hydrogens (primary N) is 1. The largest absolute Gasteiger partial charge is 0.353 e. The van der Waals surface area contributed by atoms with E-state index in [1.807, 2.05) is 32.3 Å². The van der Waals surface area contributed by atoms with Crippen LogP contribution < -0.4 is 11.1 Å². The molecule has 0 saturated carbocycles. The zero-order valence-electron chi connectivity index (χ0n) is 13.0. The smallest absolute Gasteiger partial charge is 0.236 e. The second-order valence-electron chi connectivity index (χ2n) is 6.06. The van der Waals surface area contributed by atoms with Crippen molar-refractivity contribution in [2.24, 2.45) is 5.73 Å². The molecule has 0 saturated heterocycles. The quantitative estimate of drug-likeness (QED) is 0.792. The summed E-state index contributed by atoms with van der Waals surface area (Å²) in [6, 6.07) is 9.65. The maximum Gasteiger partial charge on any atom is 0.236 e. The molecule has 1 rings (SSSR count). The molecule has 0 aliphatic heterocycles. The fraction of sp³-hybridized carbons (Fsp3) is 0.562. The lowest BCUT2D eigenvalue weighted by Gasteiger charge is -2.33. The summed E-state index contributed by atoms with van der Waals surface area (Å²) >= 11 is 0. The molecule has 1 atom stereocenters. The number of aryl methyl sites for hydroxylation is 1. The second kappa shape index (κ2) is 7.41. The average molecular weight is 277 g/mol. The molecule has 4 nitrogen and oxygen atoms in total. The van der Waals surface area contributed by atoms with Crippen LogP contribution in [0, 0.1) is 0 Å². The number of hydrogen-bond donors (Lipinski definition) is 2. The van der Waals surface area contributed by atoms with Crippen LogP contribution in [-0.4, -0.2) is 43.0 Å². The molecule has 0 fully saturated rings. The van der Waals surface area contributed by atoms with Crippen LogP contribution in [0.3, 0.4) is 0 Å². The normalized spacial score (nSPS) is 13.3. The predicted octanol–water partition coefficient (Wildman–Crippen LogP) is 1.40. The third-order valence-corrected chi connectivity index (χ3v) is 3.83. The molecule has 1 unspecified atom stereocenters. The molecular weight excluding hydrogens is 250 g/mol. The van der Waals surface area contributed by atoms with Crippen molar-refractivity contribution in [1.29, 1.82) is 0 Å². The Labute approximate surface area is 122 Å².